The van der Waals surface area contributed by atoms with E-state index in [0.29, 0.717) is 16.9 Å². The highest BCUT2D eigenvalue weighted by Crippen LogP contribution is 2.12. The molecule has 2 rings (SSSR count). The predicted octanol–water partition coefficient (Wildman–Crippen LogP) is 1.000. The number of carbonyl (C=O) groups excluding carboxylic acids is 1. The third kappa shape index (κ3) is 2.51. The van der Waals surface area contributed by atoms with Crippen molar-refractivity contribution < 1.29 is 4.79 Å². The second-order valence-corrected chi connectivity index (χ2v) is 4.17. The number of nitrogens with one attached hydrogen (secondary N) is 2. The van der Waals surface area contributed by atoms with Crippen LogP contribution in [0.5, 0.6) is 0 Å². The molecule has 0 unspecified atom stereocenters. The zero-order valence-corrected chi connectivity index (χ0v) is 10.4. The van der Waals surface area contributed by atoms with E-state index in [0.717, 1.165) is 5.56 Å². The minimum absolute atomic E-state index is 0.168. The number of pyridine rings is 1. The van der Waals surface area contributed by atoms with E-state index >= 15 is 0 Å². The summed E-state index contributed by atoms with van der Waals surface area (Å²) in [6.45, 7) is 1.86. The summed E-state index contributed by atoms with van der Waals surface area (Å²) >= 11 is 4.85. The minimum Gasteiger partial charge on any atom is -0.389 e. The van der Waals surface area contributed by atoms with Crippen LogP contribution >= 0.6 is 12.2 Å². The Morgan fingerprint density at radius 3 is 2.89 bits per heavy atom. The third-order valence-corrected chi connectivity index (χ3v) is 2.50. The number of anilines is 1. The average molecular weight is 261 g/mol. The molecule has 7 heteroatoms. The molecule has 0 aromatic carbocycles. The molecule has 6 nitrogen and oxygen atoms in total. The standard InChI is InChI=1S/C11H11N5OS/c1-6-2-7(4-13-3-6)11(17)15-10-8(9(12)18)5-14-16-10/h2-5H,1H3,(H2,12,18)(H2,14,15,16,17). The van der Waals surface area contributed by atoms with E-state index in [-0.39, 0.29) is 10.9 Å². The van der Waals surface area contributed by atoms with E-state index in [4.69, 9.17) is 18.0 Å². The van der Waals surface area contributed by atoms with Gasteiger partial charge in [0.25, 0.3) is 5.91 Å². The van der Waals surface area contributed by atoms with Crippen LogP contribution in [0.1, 0.15) is 21.5 Å². The van der Waals surface area contributed by atoms with Crippen molar-refractivity contribution in [3.8, 4) is 0 Å². The maximum absolute atomic E-state index is 12.0. The van der Waals surface area contributed by atoms with Gasteiger partial charge in [0, 0.05) is 12.4 Å². The summed E-state index contributed by atoms with van der Waals surface area (Å²) < 4.78 is 0. The van der Waals surface area contributed by atoms with Gasteiger partial charge in [-0.3, -0.25) is 14.9 Å². The lowest BCUT2D eigenvalue weighted by Crippen LogP contribution is -2.17. The highest BCUT2D eigenvalue weighted by atomic mass is 32.1. The first-order chi connectivity index (χ1) is 8.58. The van der Waals surface area contributed by atoms with Crippen LogP contribution in [0.15, 0.2) is 24.7 Å². The molecule has 0 fully saturated rings. The molecule has 92 valence electrons. The van der Waals surface area contributed by atoms with Crippen molar-refractivity contribution >= 4 is 28.9 Å². The number of thiocarbonyl (C=S) groups is 1. The van der Waals surface area contributed by atoms with Gasteiger partial charge in [-0.1, -0.05) is 12.2 Å². The summed E-state index contributed by atoms with van der Waals surface area (Å²) in [6, 6.07) is 1.74. The number of rotatable bonds is 3. The number of H-pyrrole nitrogens is 1. The van der Waals surface area contributed by atoms with E-state index in [1.165, 1.54) is 12.4 Å². The van der Waals surface area contributed by atoms with Gasteiger partial charge in [0.15, 0.2) is 0 Å². The summed E-state index contributed by atoms with van der Waals surface area (Å²) in [5.41, 5.74) is 7.37. The summed E-state index contributed by atoms with van der Waals surface area (Å²) in [6.07, 6.45) is 4.62. The van der Waals surface area contributed by atoms with Gasteiger partial charge in [0.2, 0.25) is 0 Å². The fourth-order valence-corrected chi connectivity index (χ4v) is 1.59. The van der Waals surface area contributed by atoms with Crippen molar-refractivity contribution in [1.82, 2.24) is 15.2 Å². The SMILES string of the molecule is Cc1cncc(C(=O)Nc2[nH]ncc2C(N)=S)c1. The number of carbonyl (C=O) groups is 1. The van der Waals surface area contributed by atoms with E-state index < -0.39 is 0 Å². The molecule has 0 saturated heterocycles. The average Bonchev–Trinajstić information content (AvgIpc) is 2.77. The molecule has 18 heavy (non-hydrogen) atoms. The van der Waals surface area contributed by atoms with Crippen LogP contribution in [-0.4, -0.2) is 26.1 Å². The van der Waals surface area contributed by atoms with Crippen molar-refractivity contribution in [3.05, 3.63) is 41.3 Å². The fraction of sp³-hybridized carbons (Fsp3) is 0.0909. The summed E-state index contributed by atoms with van der Waals surface area (Å²) in [4.78, 5) is 16.1. The van der Waals surface area contributed by atoms with Crippen LogP contribution in [0.25, 0.3) is 0 Å². The molecular weight excluding hydrogens is 250 g/mol. The number of amides is 1. The zero-order valence-electron chi connectivity index (χ0n) is 9.60. The second kappa shape index (κ2) is 4.92. The molecule has 0 bridgehead atoms. The van der Waals surface area contributed by atoms with E-state index in [1.54, 1.807) is 12.3 Å². The molecule has 0 spiro atoms. The molecule has 2 aromatic heterocycles. The topological polar surface area (TPSA) is 96.7 Å². The third-order valence-electron chi connectivity index (χ3n) is 2.28. The minimum atomic E-state index is -0.298. The van der Waals surface area contributed by atoms with Crippen molar-refractivity contribution in [2.45, 2.75) is 6.92 Å². The van der Waals surface area contributed by atoms with Crippen LogP contribution in [0.3, 0.4) is 0 Å². The van der Waals surface area contributed by atoms with Crippen LogP contribution < -0.4 is 11.1 Å². The van der Waals surface area contributed by atoms with Crippen molar-refractivity contribution in [2.75, 3.05) is 5.32 Å². The molecule has 0 aliphatic rings. The molecule has 2 heterocycles. The molecule has 4 N–H and O–H groups in total. The molecule has 0 atom stereocenters. The molecular formula is C11H11N5OS. The van der Waals surface area contributed by atoms with Crippen LogP contribution in [0, 0.1) is 6.92 Å². The lowest BCUT2D eigenvalue weighted by atomic mass is 10.2. The predicted molar refractivity (Wildman–Crippen MR) is 71.4 cm³/mol. The Kier molecular flexibility index (Phi) is 3.33. The van der Waals surface area contributed by atoms with Crippen LogP contribution in [-0.2, 0) is 0 Å². The molecule has 0 aliphatic heterocycles. The van der Waals surface area contributed by atoms with Gasteiger partial charge in [0.1, 0.15) is 10.8 Å². The van der Waals surface area contributed by atoms with E-state index in [2.05, 4.69) is 20.5 Å². The number of hydrogen-bond acceptors (Lipinski definition) is 4. The Bertz CT molecular complexity index is 607. The molecule has 2 aromatic rings. The van der Waals surface area contributed by atoms with Gasteiger partial charge in [-0.15, -0.1) is 0 Å². The number of hydrogen-bond donors (Lipinski definition) is 3. The largest absolute Gasteiger partial charge is 0.389 e. The monoisotopic (exact) mass is 261 g/mol. The Morgan fingerprint density at radius 2 is 2.22 bits per heavy atom. The van der Waals surface area contributed by atoms with Gasteiger partial charge in [0.05, 0.1) is 17.3 Å². The van der Waals surface area contributed by atoms with E-state index in [9.17, 15) is 4.79 Å². The number of aromatic nitrogens is 3. The number of aryl methyl sites for hydroxylation is 1. The normalized spacial score (nSPS) is 10.1. The Labute approximate surface area is 109 Å². The van der Waals surface area contributed by atoms with Gasteiger partial charge < -0.3 is 11.1 Å². The van der Waals surface area contributed by atoms with Crippen molar-refractivity contribution in [1.29, 1.82) is 0 Å². The second-order valence-electron chi connectivity index (χ2n) is 3.73. The zero-order chi connectivity index (χ0) is 13.1. The first-order valence-corrected chi connectivity index (χ1v) is 5.55. The van der Waals surface area contributed by atoms with Gasteiger partial charge in [-0.2, -0.15) is 5.10 Å². The number of nitrogens with two attached hydrogens (primary N) is 1. The first kappa shape index (κ1) is 12.2. The Morgan fingerprint density at radius 1 is 1.44 bits per heavy atom. The Balaban J connectivity index is 2.21. The Hall–Kier alpha value is -2.28. The summed E-state index contributed by atoms with van der Waals surface area (Å²) in [7, 11) is 0. The summed E-state index contributed by atoms with van der Waals surface area (Å²) in [5, 5.41) is 9.07. The highest BCUT2D eigenvalue weighted by Gasteiger charge is 2.12. The van der Waals surface area contributed by atoms with Crippen molar-refractivity contribution in [3.63, 3.8) is 0 Å². The lowest BCUT2D eigenvalue weighted by molar-refractivity contribution is 0.102. The molecule has 0 radical (unpaired) electrons. The smallest absolute Gasteiger partial charge is 0.258 e. The number of aromatic amines is 1. The van der Waals surface area contributed by atoms with Gasteiger partial charge in [-0.05, 0) is 18.6 Å². The maximum Gasteiger partial charge on any atom is 0.258 e. The van der Waals surface area contributed by atoms with Crippen LogP contribution in [0.2, 0.25) is 0 Å². The maximum atomic E-state index is 12.0. The summed E-state index contributed by atoms with van der Waals surface area (Å²) in [5.74, 6) is 0.0851. The highest BCUT2D eigenvalue weighted by molar-refractivity contribution is 7.80. The lowest BCUT2D eigenvalue weighted by Gasteiger charge is -2.05. The number of nitrogens with zero attached hydrogens (tertiary/aromatic N) is 2. The molecule has 1 amide bonds. The van der Waals surface area contributed by atoms with Gasteiger partial charge >= 0.3 is 0 Å². The quantitative estimate of drug-likeness (QED) is 0.716. The molecule has 0 aliphatic carbocycles. The van der Waals surface area contributed by atoms with Crippen molar-refractivity contribution in [2.24, 2.45) is 5.73 Å². The fourth-order valence-electron chi connectivity index (χ4n) is 1.43. The van der Waals surface area contributed by atoms with Gasteiger partial charge in [-0.25, -0.2) is 0 Å². The molecule has 0 saturated carbocycles. The first-order valence-electron chi connectivity index (χ1n) is 5.14. The van der Waals surface area contributed by atoms with E-state index in [1.807, 2.05) is 6.92 Å². The van der Waals surface area contributed by atoms with Crippen LogP contribution in [0.4, 0.5) is 5.82 Å².